The van der Waals surface area contributed by atoms with Gasteiger partial charge in [-0.1, -0.05) is 25.6 Å². The molecule has 1 rings (SSSR count). The molecule has 0 atom stereocenters. The van der Waals surface area contributed by atoms with E-state index in [1.165, 1.54) is 32.2 Å². The highest BCUT2D eigenvalue weighted by Gasteiger charge is 2.28. The highest BCUT2D eigenvalue weighted by Crippen LogP contribution is 2.26. The van der Waals surface area contributed by atoms with E-state index in [0.717, 1.165) is 12.6 Å². The molecule has 2 N–H and O–H groups in total. The summed E-state index contributed by atoms with van der Waals surface area (Å²) in [6.07, 6.45) is 5.19. The molecule has 70 valence electrons. The van der Waals surface area contributed by atoms with E-state index in [1.54, 1.807) is 0 Å². The predicted octanol–water partition coefficient (Wildman–Crippen LogP) is 1.54. The second-order valence-corrected chi connectivity index (χ2v) is 4.05. The maximum absolute atomic E-state index is 5.52. The van der Waals surface area contributed by atoms with Crippen LogP contribution in [0.2, 0.25) is 0 Å². The van der Waals surface area contributed by atoms with E-state index in [9.17, 15) is 0 Å². The molecule has 0 aromatic rings. The van der Waals surface area contributed by atoms with Gasteiger partial charge in [0.05, 0.1) is 4.99 Å². The lowest BCUT2D eigenvalue weighted by Gasteiger charge is -2.20. The van der Waals surface area contributed by atoms with Gasteiger partial charge < -0.3 is 5.73 Å². The number of hydrogen-bond donors (Lipinski definition) is 1. The van der Waals surface area contributed by atoms with Crippen molar-refractivity contribution in [3.63, 3.8) is 0 Å². The second kappa shape index (κ2) is 4.77. The summed E-state index contributed by atoms with van der Waals surface area (Å²) in [5.74, 6) is 0. The van der Waals surface area contributed by atoms with Crippen molar-refractivity contribution >= 4 is 17.2 Å². The zero-order chi connectivity index (χ0) is 8.97. The Morgan fingerprint density at radius 2 is 2.25 bits per heavy atom. The molecule has 0 aromatic heterocycles. The molecule has 0 unspecified atom stereocenters. The largest absolute Gasteiger partial charge is 0.392 e. The summed E-state index contributed by atoms with van der Waals surface area (Å²) in [6.45, 7) is 4.20. The van der Waals surface area contributed by atoms with Crippen molar-refractivity contribution in [2.45, 2.75) is 38.6 Å². The molecule has 0 saturated heterocycles. The standard InChI is InChI=1S/C9H18N2S/c1-2-3-6-11(7-9(10)12)8-4-5-8/h8H,2-7H2,1H3,(H2,10,12). The minimum absolute atomic E-state index is 0.637. The van der Waals surface area contributed by atoms with Crippen LogP contribution >= 0.6 is 12.2 Å². The minimum atomic E-state index is 0.637. The van der Waals surface area contributed by atoms with Crippen LogP contribution in [-0.4, -0.2) is 29.0 Å². The minimum Gasteiger partial charge on any atom is -0.392 e. The molecule has 2 nitrogen and oxygen atoms in total. The van der Waals surface area contributed by atoms with Gasteiger partial charge in [0.15, 0.2) is 0 Å². The number of nitrogens with zero attached hydrogens (tertiary/aromatic N) is 1. The fraction of sp³-hybridized carbons (Fsp3) is 0.889. The zero-order valence-electron chi connectivity index (χ0n) is 7.75. The van der Waals surface area contributed by atoms with Gasteiger partial charge in [0.1, 0.15) is 0 Å². The lowest BCUT2D eigenvalue weighted by atomic mass is 10.3. The molecule has 1 aliphatic rings. The van der Waals surface area contributed by atoms with Crippen molar-refractivity contribution in [1.82, 2.24) is 4.90 Å². The van der Waals surface area contributed by atoms with Crippen LogP contribution in [0.3, 0.4) is 0 Å². The molecule has 3 heteroatoms. The predicted molar refractivity (Wildman–Crippen MR) is 56.3 cm³/mol. The van der Waals surface area contributed by atoms with Crippen molar-refractivity contribution in [2.24, 2.45) is 5.73 Å². The van der Waals surface area contributed by atoms with Crippen LogP contribution in [0.4, 0.5) is 0 Å². The van der Waals surface area contributed by atoms with Crippen LogP contribution in [0.5, 0.6) is 0 Å². The topological polar surface area (TPSA) is 29.3 Å². The van der Waals surface area contributed by atoms with Crippen molar-refractivity contribution in [2.75, 3.05) is 13.1 Å². The van der Waals surface area contributed by atoms with Crippen LogP contribution in [0, 0.1) is 0 Å². The smallest absolute Gasteiger partial charge is 0.0870 e. The lowest BCUT2D eigenvalue weighted by molar-refractivity contribution is 0.296. The Morgan fingerprint density at radius 3 is 2.67 bits per heavy atom. The molecule has 0 heterocycles. The van der Waals surface area contributed by atoms with Crippen molar-refractivity contribution in [1.29, 1.82) is 0 Å². The first-order chi connectivity index (χ1) is 5.74. The van der Waals surface area contributed by atoms with Crippen LogP contribution in [0.1, 0.15) is 32.6 Å². The van der Waals surface area contributed by atoms with Crippen LogP contribution in [-0.2, 0) is 0 Å². The van der Waals surface area contributed by atoms with Crippen LogP contribution in [0.15, 0.2) is 0 Å². The van der Waals surface area contributed by atoms with E-state index >= 15 is 0 Å². The summed E-state index contributed by atoms with van der Waals surface area (Å²) in [4.78, 5) is 3.06. The Morgan fingerprint density at radius 1 is 1.58 bits per heavy atom. The second-order valence-electron chi connectivity index (χ2n) is 3.52. The van der Waals surface area contributed by atoms with Crippen LogP contribution < -0.4 is 5.73 Å². The van der Waals surface area contributed by atoms with Gasteiger partial charge in [0.25, 0.3) is 0 Å². The van der Waals surface area contributed by atoms with Gasteiger partial charge >= 0.3 is 0 Å². The Kier molecular flexibility index (Phi) is 3.95. The molecule has 0 aliphatic heterocycles. The third-order valence-electron chi connectivity index (χ3n) is 2.22. The molecule has 1 fully saturated rings. The van der Waals surface area contributed by atoms with Gasteiger partial charge in [-0.3, -0.25) is 4.90 Å². The van der Waals surface area contributed by atoms with Gasteiger partial charge in [0, 0.05) is 12.6 Å². The number of nitrogens with two attached hydrogens (primary N) is 1. The quantitative estimate of drug-likeness (QED) is 0.638. The molecule has 1 aliphatic carbocycles. The summed E-state index contributed by atoms with van der Waals surface area (Å²) >= 11 is 4.91. The lowest BCUT2D eigenvalue weighted by Crippen LogP contribution is -2.35. The average Bonchev–Trinajstić information content (AvgIpc) is 2.79. The number of rotatable bonds is 6. The van der Waals surface area contributed by atoms with E-state index in [-0.39, 0.29) is 0 Å². The Bertz CT molecular complexity index is 155. The molecule has 0 aromatic carbocycles. The monoisotopic (exact) mass is 186 g/mol. The molecular formula is C9H18N2S. The molecule has 0 bridgehead atoms. The van der Waals surface area contributed by atoms with Gasteiger partial charge in [-0.2, -0.15) is 0 Å². The summed E-state index contributed by atoms with van der Waals surface area (Å²) in [7, 11) is 0. The van der Waals surface area contributed by atoms with E-state index in [2.05, 4.69) is 11.8 Å². The van der Waals surface area contributed by atoms with E-state index in [1.807, 2.05) is 0 Å². The maximum atomic E-state index is 5.52. The summed E-state index contributed by atoms with van der Waals surface area (Å²) in [5, 5.41) is 0. The maximum Gasteiger partial charge on any atom is 0.0870 e. The van der Waals surface area contributed by atoms with E-state index in [4.69, 9.17) is 18.0 Å². The zero-order valence-corrected chi connectivity index (χ0v) is 8.57. The van der Waals surface area contributed by atoms with Crippen molar-refractivity contribution in [3.8, 4) is 0 Å². The van der Waals surface area contributed by atoms with Crippen molar-refractivity contribution < 1.29 is 0 Å². The number of unbranched alkanes of at least 4 members (excludes halogenated alkanes) is 1. The Balaban J connectivity index is 2.22. The van der Waals surface area contributed by atoms with Gasteiger partial charge in [0.2, 0.25) is 0 Å². The van der Waals surface area contributed by atoms with Gasteiger partial charge in [-0.15, -0.1) is 0 Å². The first kappa shape index (κ1) is 9.93. The van der Waals surface area contributed by atoms with Crippen LogP contribution in [0.25, 0.3) is 0 Å². The highest BCUT2D eigenvalue weighted by molar-refractivity contribution is 7.80. The first-order valence-electron chi connectivity index (χ1n) is 4.76. The van der Waals surface area contributed by atoms with E-state index in [0.29, 0.717) is 4.99 Å². The Labute approximate surface area is 80.1 Å². The number of hydrogen-bond acceptors (Lipinski definition) is 2. The normalized spacial score (nSPS) is 16.8. The number of thiocarbonyl (C=S) groups is 1. The first-order valence-corrected chi connectivity index (χ1v) is 5.17. The molecule has 0 amide bonds. The molecular weight excluding hydrogens is 168 g/mol. The summed E-state index contributed by atoms with van der Waals surface area (Å²) < 4.78 is 0. The van der Waals surface area contributed by atoms with Gasteiger partial charge in [-0.05, 0) is 25.8 Å². The van der Waals surface area contributed by atoms with Crippen molar-refractivity contribution in [3.05, 3.63) is 0 Å². The van der Waals surface area contributed by atoms with Gasteiger partial charge in [-0.25, -0.2) is 0 Å². The fourth-order valence-electron chi connectivity index (χ4n) is 1.39. The summed E-state index contributed by atoms with van der Waals surface area (Å²) in [6, 6.07) is 0.790. The average molecular weight is 186 g/mol. The third-order valence-corrected chi connectivity index (χ3v) is 2.35. The van der Waals surface area contributed by atoms with E-state index < -0.39 is 0 Å². The fourth-order valence-corrected chi connectivity index (χ4v) is 1.56. The molecule has 0 radical (unpaired) electrons. The SMILES string of the molecule is CCCCN(CC(N)=S)C1CC1. The molecule has 0 spiro atoms. The Hall–Kier alpha value is -0.150. The third kappa shape index (κ3) is 3.50. The molecule has 12 heavy (non-hydrogen) atoms. The summed E-state index contributed by atoms with van der Waals surface area (Å²) in [5.41, 5.74) is 5.52. The highest BCUT2D eigenvalue weighted by atomic mass is 32.1. The molecule has 1 saturated carbocycles.